The van der Waals surface area contributed by atoms with Gasteiger partial charge in [-0.15, -0.1) is 0 Å². The summed E-state index contributed by atoms with van der Waals surface area (Å²) < 4.78 is 0. The van der Waals surface area contributed by atoms with Gasteiger partial charge in [0.1, 0.15) is 0 Å². The zero-order valence-corrected chi connectivity index (χ0v) is 9.26. The van der Waals surface area contributed by atoms with Crippen molar-refractivity contribution in [3.8, 4) is 0 Å². The summed E-state index contributed by atoms with van der Waals surface area (Å²) in [7, 11) is 6.87. The highest BCUT2D eigenvalue weighted by atomic mass is 79.9. The molecule has 3 heteroatoms. The zero-order chi connectivity index (χ0) is 8.27. The van der Waals surface area contributed by atoms with Crippen LogP contribution in [0.15, 0.2) is 23.1 Å². The molecule has 1 rings (SSSR count). The highest BCUT2D eigenvalue weighted by Gasteiger charge is 1.97. The van der Waals surface area contributed by atoms with Gasteiger partial charge in [-0.25, -0.2) is 0 Å². The molecule has 1 aromatic carbocycles. The minimum absolute atomic E-state index is 0.893. The number of hydrogen-bond donors (Lipinski definition) is 0. The van der Waals surface area contributed by atoms with Gasteiger partial charge in [-0.1, -0.05) is 22.0 Å². The third-order valence-corrected chi connectivity index (χ3v) is 3.12. The Bertz CT molecular complexity index is 250. The number of rotatable bonds is 2. The molecule has 0 saturated carbocycles. The van der Waals surface area contributed by atoms with Crippen LogP contribution in [0.2, 0.25) is 0 Å². The van der Waals surface area contributed by atoms with Crippen LogP contribution in [-0.4, -0.2) is 0 Å². The van der Waals surface area contributed by atoms with Crippen molar-refractivity contribution < 1.29 is 0 Å². The summed E-state index contributed by atoms with van der Waals surface area (Å²) in [5.41, 5.74) is 2.60. The van der Waals surface area contributed by atoms with Gasteiger partial charge in [0.05, 0.1) is 0 Å². The summed E-state index contributed by atoms with van der Waals surface area (Å²) in [6.45, 7) is 2.10. The van der Waals surface area contributed by atoms with E-state index in [9.17, 15) is 0 Å². The van der Waals surface area contributed by atoms with E-state index in [4.69, 9.17) is 10.7 Å². The molecule has 0 bridgehead atoms. The molecule has 0 fully saturated rings. The topological polar surface area (TPSA) is 0 Å². The molecule has 60 valence electrons. The van der Waals surface area contributed by atoms with E-state index in [-0.39, 0.29) is 0 Å². The molecular formula is C8H8BrClS. The first-order chi connectivity index (χ1) is 5.27. The number of halogens is 2. The van der Waals surface area contributed by atoms with Gasteiger partial charge in [0, 0.05) is 10.2 Å². The predicted molar refractivity (Wildman–Crippen MR) is 55.5 cm³/mol. The molecule has 0 aliphatic heterocycles. The molecule has 1 aromatic rings. The average Bonchev–Trinajstić information content (AvgIpc) is 2.05. The maximum atomic E-state index is 5.61. The van der Waals surface area contributed by atoms with Gasteiger partial charge < -0.3 is 0 Å². The van der Waals surface area contributed by atoms with E-state index in [0.717, 1.165) is 10.2 Å². The molecule has 0 aliphatic rings. The maximum Gasteiger partial charge on any atom is 0.0286 e. The van der Waals surface area contributed by atoms with Crippen molar-refractivity contribution in [3.05, 3.63) is 29.3 Å². The Morgan fingerprint density at radius 3 is 2.82 bits per heavy atom. The van der Waals surface area contributed by atoms with Gasteiger partial charge in [-0.05, 0) is 51.8 Å². The second-order valence-corrected chi connectivity index (χ2v) is 3.95. The van der Waals surface area contributed by atoms with Crippen LogP contribution in [0.25, 0.3) is 0 Å². The van der Waals surface area contributed by atoms with Crippen LogP contribution in [0.4, 0.5) is 0 Å². The highest BCUT2D eigenvalue weighted by Crippen LogP contribution is 2.25. The van der Waals surface area contributed by atoms with Crippen molar-refractivity contribution in [1.82, 2.24) is 0 Å². The van der Waals surface area contributed by atoms with Gasteiger partial charge in [0.2, 0.25) is 0 Å². The SMILES string of the molecule is Cc1ccc(SCl)cc1CBr. The van der Waals surface area contributed by atoms with E-state index in [0.29, 0.717) is 0 Å². The minimum Gasteiger partial charge on any atom is -0.0876 e. The second kappa shape index (κ2) is 4.39. The monoisotopic (exact) mass is 250 g/mol. The molecule has 0 unspecified atom stereocenters. The molecular weight excluding hydrogens is 244 g/mol. The van der Waals surface area contributed by atoms with Crippen LogP contribution >= 0.6 is 37.6 Å². The van der Waals surface area contributed by atoms with Crippen LogP contribution < -0.4 is 0 Å². The molecule has 0 amide bonds. The molecule has 0 radical (unpaired) electrons. The summed E-state index contributed by atoms with van der Waals surface area (Å²) in [6, 6.07) is 6.21. The van der Waals surface area contributed by atoms with Crippen molar-refractivity contribution in [2.75, 3.05) is 0 Å². The van der Waals surface area contributed by atoms with Crippen LogP contribution in [-0.2, 0) is 5.33 Å². The normalized spacial score (nSPS) is 10.1. The van der Waals surface area contributed by atoms with E-state index in [2.05, 4.69) is 35.0 Å². The lowest BCUT2D eigenvalue weighted by Gasteiger charge is -2.02. The quantitative estimate of drug-likeness (QED) is 0.712. The lowest BCUT2D eigenvalue weighted by molar-refractivity contribution is 1.27. The van der Waals surface area contributed by atoms with Gasteiger partial charge in [0.25, 0.3) is 0 Å². The Kier molecular flexibility index (Phi) is 3.76. The predicted octanol–water partition coefficient (Wildman–Crippen LogP) is 4.14. The first kappa shape index (κ1) is 9.43. The Morgan fingerprint density at radius 1 is 1.55 bits per heavy atom. The van der Waals surface area contributed by atoms with Crippen LogP contribution in [0.1, 0.15) is 11.1 Å². The number of hydrogen-bond acceptors (Lipinski definition) is 1. The van der Waals surface area contributed by atoms with Gasteiger partial charge in [0.15, 0.2) is 0 Å². The Balaban J connectivity index is 3.02. The van der Waals surface area contributed by atoms with Crippen molar-refractivity contribution >= 4 is 37.6 Å². The molecule has 0 spiro atoms. The molecule has 0 nitrogen and oxygen atoms in total. The lowest BCUT2D eigenvalue weighted by Crippen LogP contribution is -1.83. The first-order valence-electron chi connectivity index (χ1n) is 3.22. The van der Waals surface area contributed by atoms with E-state index < -0.39 is 0 Å². The second-order valence-electron chi connectivity index (χ2n) is 2.30. The van der Waals surface area contributed by atoms with Gasteiger partial charge in [-0.2, -0.15) is 0 Å². The highest BCUT2D eigenvalue weighted by molar-refractivity contribution is 9.08. The molecule has 11 heavy (non-hydrogen) atoms. The minimum atomic E-state index is 0.893. The van der Waals surface area contributed by atoms with E-state index in [1.54, 1.807) is 0 Å². The molecule has 0 aromatic heterocycles. The van der Waals surface area contributed by atoms with E-state index in [1.807, 2.05) is 6.07 Å². The molecule has 0 atom stereocenters. The van der Waals surface area contributed by atoms with E-state index >= 15 is 0 Å². The molecule has 0 heterocycles. The summed E-state index contributed by atoms with van der Waals surface area (Å²) in [5, 5.41) is 0.893. The Hall–Kier alpha value is 0.340. The van der Waals surface area contributed by atoms with Gasteiger partial charge in [-0.3, -0.25) is 0 Å². The van der Waals surface area contributed by atoms with Gasteiger partial charge >= 0.3 is 0 Å². The van der Waals surface area contributed by atoms with Crippen LogP contribution in [0, 0.1) is 6.92 Å². The smallest absolute Gasteiger partial charge is 0.0286 e. The fraction of sp³-hybridized carbons (Fsp3) is 0.250. The standard InChI is InChI=1S/C8H8BrClS/c1-6-2-3-8(11-10)4-7(6)5-9/h2-4H,5H2,1H3. The van der Waals surface area contributed by atoms with Crippen molar-refractivity contribution in [1.29, 1.82) is 0 Å². The summed E-state index contributed by atoms with van der Waals surface area (Å²) in [4.78, 5) is 1.10. The third-order valence-electron chi connectivity index (χ3n) is 1.55. The summed E-state index contributed by atoms with van der Waals surface area (Å²) in [6.07, 6.45) is 0. The fourth-order valence-electron chi connectivity index (χ4n) is 0.840. The molecule has 0 aliphatic carbocycles. The number of benzene rings is 1. The Labute approximate surface area is 84.0 Å². The maximum absolute atomic E-state index is 5.61. The summed E-state index contributed by atoms with van der Waals surface area (Å²) >= 11 is 3.42. The number of aryl methyl sites for hydroxylation is 1. The van der Waals surface area contributed by atoms with Crippen molar-refractivity contribution in [3.63, 3.8) is 0 Å². The first-order valence-corrected chi connectivity index (χ1v) is 5.98. The van der Waals surface area contributed by atoms with Crippen LogP contribution in [0.5, 0.6) is 0 Å². The Morgan fingerprint density at radius 2 is 2.27 bits per heavy atom. The largest absolute Gasteiger partial charge is 0.0876 e. The average molecular weight is 252 g/mol. The number of alkyl halides is 1. The van der Waals surface area contributed by atoms with Crippen LogP contribution in [0.3, 0.4) is 0 Å². The summed E-state index contributed by atoms with van der Waals surface area (Å²) in [5.74, 6) is 0. The van der Waals surface area contributed by atoms with Crippen molar-refractivity contribution in [2.24, 2.45) is 0 Å². The molecule has 0 N–H and O–H groups in total. The lowest BCUT2D eigenvalue weighted by atomic mass is 10.1. The van der Waals surface area contributed by atoms with Crippen molar-refractivity contribution in [2.45, 2.75) is 17.1 Å². The molecule has 0 saturated heterocycles. The van der Waals surface area contributed by atoms with E-state index in [1.165, 1.54) is 22.1 Å². The fourth-order valence-corrected chi connectivity index (χ4v) is 2.04. The third kappa shape index (κ3) is 2.39. The zero-order valence-electron chi connectivity index (χ0n) is 6.10.